The first-order valence-electron chi connectivity index (χ1n) is 11.9. The van der Waals surface area contributed by atoms with Crippen LogP contribution in [0.15, 0.2) is 54.7 Å². The Hall–Kier alpha value is -4.94. The van der Waals surface area contributed by atoms with Gasteiger partial charge in [-0.15, -0.1) is 0 Å². The summed E-state index contributed by atoms with van der Waals surface area (Å²) in [4.78, 5) is 58.0. The van der Waals surface area contributed by atoms with Crippen LogP contribution >= 0.6 is 0 Å². The molecule has 4 rings (SSSR count). The van der Waals surface area contributed by atoms with E-state index >= 15 is 0 Å². The number of nitrogens with zero attached hydrogens (tertiary/aromatic N) is 5. The zero-order valence-electron chi connectivity index (χ0n) is 21.3. The van der Waals surface area contributed by atoms with Crippen molar-refractivity contribution in [1.82, 2.24) is 34.3 Å². The number of aromatic nitrogens is 5. The predicted octanol–water partition coefficient (Wildman–Crippen LogP) is 1.12. The summed E-state index contributed by atoms with van der Waals surface area (Å²) in [6, 6.07) is 1.53. The van der Waals surface area contributed by atoms with Crippen molar-refractivity contribution in [3.05, 3.63) is 72.0 Å². The van der Waals surface area contributed by atoms with Gasteiger partial charge < -0.3 is 35.0 Å². The zero-order chi connectivity index (χ0) is 27.2. The van der Waals surface area contributed by atoms with Gasteiger partial charge >= 0.3 is 0 Å². The SMILES string of the molecule is Cn1cc(NC(=O)c2nccn2C)cc1C(=O)Nc1cn(C)c(C(=O)NCCCNC(=O)C2=CC=CC2)n1. The molecule has 4 N–H and O–H groups in total. The van der Waals surface area contributed by atoms with Crippen LogP contribution in [-0.2, 0) is 25.9 Å². The Kier molecular flexibility index (Phi) is 7.85. The third kappa shape index (κ3) is 6.06. The second-order valence-electron chi connectivity index (χ2n) is 8.75. The molecule has 198 valence electrons. The second kappa shape index (κ2) is 11.4. The highest BCUT2D eigenvalue weighted by molar-refractivity contribution is 6.06. The molecule has 3 heterocycles. The lowest BCUT2D eigenvalue weighted by molar-refractivity contribution is -0.117. The van der Waals surface area contributed by atoms with Gasteiger partial charge in [0.25, 0.3) is 17.7 Å². The van der Waals surface area contributed by atoms with E-state index in [2.05, 4.69) is 31.2 Å². The fourth-order valence-corrected chi connectivity index (χ4v) is 3.85. The van der Waals surface area contributed by atoms with Gasteiger partial charge in [-0.3, -0.25) is 19.2 Å². The molecule has 0 bridgehead atoms. The fourth-order valence-electron chi connectivity index (χ4n) is 3.85. The van der Waals surface area contributed by atoms with Gasteiger partial charge in [-0.25, -0.2) is 9.97 Å². The molecule has 3 aromatic rings. The van der Waals surface area contributed by atoms with Gasteiger partial charge in [0, 0.05) is 64.6 Å². The van der Waals surface area contributed by atoms with Gasteiger partial charge in [-0.05, 0) is 18.9 Å². The Labute approximate surface area is 218 Å². The fraction of sp³-hybridized carbons (Fsp3) is 0.280. The van der Waals surface area contributed by atoms with Crippen molar-refractivity contribution in [2.24, 2.45) is 21.1 Å². The molecule has 0 spiro atoms. The van der Waals surface area contributed by atoms with Crippen molar-refractivity contribution >= 4 is 35.1 Å². The lowest BCUT2D eigenvalue weighted by Gasteiger charge is -2.07. The van der Waals surface area contributed by atoms with E-state index in [1.165, 1.54) is 23.0 Å². The molecule has 13 nitrogen and oxygen atoms in total. The quantitative estimate of drug-likeness (QED) is 0.294. The number of carbonyl (C=O) groups excluding carboxylic acids is 4. The summed E-state index contributed by atoms with van der Waals surface area (Å²) in [5.41, 5.74) is 1.43. The Morgan fingerprint density at radius 1 is 0.868 bits per heavy atom. The summed E-state index contributed by atoms with van der Waals surface area (Å²) in [6.45, 7) is 0.778. The molecule has 0 saturated heterocycles. The molecule has 0 radical (unpaired) electrons. The first-order valence-corrected chi connectivity index (χ1v) is 11.9. The minimum absolute atomic E-state index is 0.105. The third-order valence-electron chi connectivity index (χ3n) is 5.83. The van der Waals surface area contributed by atoms with Crippen LogP contribution in [0, 0.1) is 0 Å². The summed E-state index contributed by atoms with van der Waals surface area (Å²) in [6.07, 6.45) is 13.1. The van der Waals surface area contributed by atoms with Crippen molar-refractivity contribution in [1.29, 1.82) is 0 Å². The van der Waals surface area contributed by atoms with E-state index in [9.17, 15) is 19.2 Å². The highest BCUT2D eigenvalue weighted by Gasteiger charge is 2.19. The van der Waals surface area contributed by atoms with Crippen LogP contribution < -0.4 is 21.3 Å². The Morgan fingerprint density at radius 3 is 2.32 bits per heavy atom. The topological polar surface area (TPSA) is 157 Å². The van der Waals surface area contributed by atoms with Crippen LogP contribution in [0.4, 0.5) is 11.5 Å². The highest BCUT2D eigenvalue weighted by Crippen LogP contribution is 2.16. The Morgan fingerprint density at radius 2 is 1.63 bits per heavy atom. The monoisotopic (exact) mass is 519 g/mol. The maximum absolute atomic E-state index is 12.8. The van der Waals surface area contributed by atoms with Crippen molar-refractivity contribution < 1.29 is 19.2 Å². The smallest absolute Gasteiger partial charge is 0.291 e. The molecule has 0 aliphatic heterocycles. The predicted molar refractivity (Wildman–Crippen MR) is 140 cm³/mol. The van der Waals surface area contributed by atoms with Gasteiger partial charge in [0.2, 0.25) is 11.7 Å². The number of carbonyl (C=O) groups is 4. The average molecular weight is 520 g/mol. The maximum atomic E-state index is 12.8. The van der Waals surface area contributed by atoms with E-state index < -0.39 is 17.7 Å². The molecule has 38 heavy (non-hydrogen) atoms. The number of hydrogen-bond acceptors (Lipinski definition) is 6. The summed E-state index contributed by atoms with van der Waals surface area (Å²) in [7, 11) is 5.03. The normalized spacial score (nSPS) is 12.2. The molecule has 0 saturated carbocycles. The maximum Gasteiger partial charge on any atom is 0.291 e. The van der Waals surface area contributed by atoms with Crippen molar-refractivity contribution in [2.45, 2.75) is 12.8 Å². The molecule has 0 fully saturated rings. The van der Waals surface area contributed by atoms with Gasteiger partial charge in [-0.1, -0.05) is 18.2 Å². The van der Waals surface area contributed by atoms with E-state index in [4.69, 9.17) is 0 Å². The number of aryl methyl sites for hydroxylation is 3. The van der Waals surface area contributed by atoms with Gasteiger partial charge in [0.15, 0.2) is 11.6 Å². The van der Waals surface area contributed by atoms with Crippen LogP contribution in [0.5, 0.6) is 0 Å². The second-order valence-corrected chi connectivity index (χ2v) is 8.75. The highest BCUT2D eigenvalue weighted by atomic mass is 16.2. The largest absolute Gasteiger partial charge is 0.352 e. The number of anilines is 2. The molecule has 13 heteroatoms. The standard InChI is InChI=1S/C25H29N9O4/c1-32-12-11-26-20(32)25(38)29-17-13-18(33(2)14-17)23(36)31-19-15-34(3)21(30-19)24(37)28-10-6-9-27-22(35)16-7-4-5-8-16/h4-5,7,11-15H,6,8-10H2,1-3H3,(H,27,35)(H,28,37)(H,29,38)(H,31,36). The average Bonchev–Trinajstić information content (AvgIpc) is 3.67. The Bertz CT molecular complexity index is 1440. The lowest BCUT2D eigenvalue weighted by Crippen LogP contribution is -2.31. The number of allylic oxidation sites excluding steroid dienone is 3. The first-order chi connectivity index (χ1) is 18.2. The lowest BCUT2D eigenvalue weighted by atomic mass is 10.2. The molecule has 3 aromatic heterocycles. The van der Waals surface area contributed by atoms with Crippen molar-refractivity contribution in [3.63, 3.8) is 0 Å². The third-order valence-corrected chi connectivity index (χ3v) is 5.83. The van der Waals surface area contributed by atoms with Crippen molar-refractivity contribution in [3.8, 4) is 0 Å². The number of nitrogens with one attached hydrogen (secondary N) is 4. The summed E-state index contributed by atoms with van der Waals surface area (Å²) in [5.74, 6) is -0.802. The number of rotatable bonds is 10. The van der Waals surface area contributed by atoms with Crippen LogP contribution in [-0.4, -0.2) is 60.4 Å². The molecular weight excluding hydrogens is 490 g/mol. The molecule has 4 amide bonds. The zero-order valence-corrected chi connectivity index (χ0v) is 21.3. The van der Waals surface area contributed by atoms with E-state index in [0.717, 1.165) is 5.57 Å². The van der Waals surface area contributed by atoms with Crippen LogP contribution in [0.1, 0.15) is 44.6 Å². The summed E-state index contributed by atoms with van der Waals surface area (Å²) >= 11 is 0. The van der Waals surface area contributed by atoms with Crippen LogP contribution in [0.25, 0.3) is 0 Å². The molecular formula is C25H29N9O4. The van der Waals surface area contributed by atoms with E-state index in [0.29, 0.717) is 31.6 Å². The number of hydrogen-bond donors (Lipinski definition) is 4. The van der Waals surface area contributed by atoms with Gasteiger partial charge in [0.05, 0.1) is 5.69 Å². The Balaban J connectivity index is 1.27. The molecule has 1 aliphatic carbocycles. The summed E-state index contributed by atoms with van der Waals surface area (Å²) in [5, 5.41) is 11.0. The minimum Gasteiger partial charge on any atom is -0.352 e. The van der Waals surface area contributed by atoms with E-state index in [1.807, 2.05) is 12.2 Å². The number of imidazole rings is 2. The molecule has 0 unspecified atom stereocenters. The van der Waals surface area contributed by atoms with E-state index in [-0.39, 0.29) is 29.1 Å². The molecule has 1 aliphatic rings. The first kappa shape index (κ1) is 26.1. The van der Waals surface area contributed by atoms with Crippen LogP contribution in [0.3, 0.4) is 0 Å². The van der Waals surface area contributed by atoms with Gasteiger partial charge in [0.1, 0.15) is 5.69 Å². The number of amides is 4. The molecule has 0 aromatic carbocycles. The minimum atomic E-state index is -0.460. The van der Waals surface area contributed by atoms with E-state index in [1.54, 1.807) is 48.7 Å². The van der Waals surface area contributed by atoms with Crippen molar-refractivity contribution in [2.75, 3.05) is 23.7 Å². The van der Waals surface area contributed by atoms with Crippen LogP contribution in [0.2, 0.25) is 0 Å². The molecule has 0 atom stereocenters. The summed E-state index contributed by atoms with van der Waals surface area (Å²) < 4.78 is 4.67. The van der Waals surface area contributed by atoms with Gasteiger partial charge in [-0.2, -0.15) is 0 Å².